The molecule has 0 atom stereocenters. The molecule has 0 aliphatic heterocycles. The van der Waals surface area contributed by atoms with E-state index in [1.165, 1.54) is 7.11 Å². The maximum Gasteiger partial charge on any atom is 0.339 e. The van der Waals surface area contributed by atoms with Gasteiger partial charge < -0.3 is 19.9 Å². The zero-order chi connectivity index (χ0) is 20.0. The van der Waals surface area contributed by atoms with E-state index in [9.17, 15) is 9.59 Å². The molecule has 0 aromatic carbocycles. The number of rotatable bonds is 8. The standard InChI is InChI=1S/C20H28N4O3/c1-6-9-15-17(20(26)27-5)13(4)22-18(15)19(25)23-14-10-11-16(21-12-14)24(7-2)8-3/h10-12,22H,6-9H2,1-5H3,(H,23,25). The molecule has 7 nitrogen and oxygen atoms in total. The molecule has 0 unspecified atom stereocenters. The highest BCUT2D eigenvalue weighted by molar-refractivity contribution is 6.06. The van der Waals surface area contributed by atoms with E-state index < -0.39 is 5.97 Å². The smallest absolute Gasteiger partial charge is 0.339 e. The van der Waals surface area contributed by atoms with Crippen LogP contribution in [0.25, 0.3) is 0 Å². The first-order valence-corrected chi connectivity index (χ1v) is 9.28. The van der Waals surface area contributed by atoms with E-state index in [4.69, 9.17) is 4.74 Å². The highest BCUT2D eigenvalue weighted by Gasteiger charge is 2.24. The van der Waals surface area contributed by atoms with Gasteiger partial charge in [0.1, 0.15) is 11.5 Å². The van der Waals surface area contributed by atoms with Gasteiger partial charge in [-0.2, -0.15) is 0 Å². The van der Waals surface area contributed by atoms with E-state index >= 15 is 0 Å². The van der Waals surface area contributed by atoms with Gasteiger partial charge in [-0.25, -0.2) is 9.78 Å². The number of methoxy groups -OCH3 is 1. The number of aromatic amines is 1. The van der Waals surface area contributed by atoms with Crippen molar-refractivity contribution < 1.29 is 14.3 Å². The number of amides is 1. The largest absolute Gasteiger partial charge is 0.465 e. The fraction of sp³-hybridized carbons (Fsp3) is 0.450. The van der Waals surface area contributed by atoms with E-state index in [-0.39, 0.29) is 5.91 Å². The molecule has 0 spiro atoms. The molecule has 2 heterocycles. The molecule has 0 saturated carbocycles. The second kappa shape index (κ2) is 9.21. The number of nitrogens with zero attached hydrogens (tertiary/aromatic N) is 2. The quantitative estimate of drug-likeness (QED) is 0.692. The summed E-state index contributed by atoms with van der Waals surface area (Å²) in [5.74, 6) is 0.138. The molecule has 7 heteroatoms. The Hall–Kier alpha value is -2.83. The SMILES string of the molecule is CCCc1c(C(=O)Nc2ccc(N(CC)CC)nc2)[nH]c(C)c1C(=O)OC. The molecule has 0 aliphatic rings. The van der Waals surface area contributed by atoms with Crippen LogP contribution in [-0.4, -0.2) is 42.0 Å². The molecule has 0 bridgehead atoms. The zero-order valence-electron chi connectivity index (χ0n) is 16.7. The number of carbonyl (C=O) groups excluding carboxylic acids is 2. The van der Waals surface area contributed by atoms with Gasteiger partial charge in [-0.05, 0) is 44.9 Å². The average molecular weight is 372 g/mol. The number of ether oxygens (including phenoxy) is 1. The summed E-state index contributed by atoms with van der Waals surface area (Å²) in [5, 5.41) is 2.85. The monoisotopic (exact) mass is 372 g/mol. The first-order valence-electron chi connectivity index (χ1n) is 9.28. The normalized spacial score (nSPS) is 10.6. The third-order valence-electron chi connectivity index (χ3n) is 4.50. The number of hydrogen-bond acceptors (Lipinski definition) is 5. The number of aromatic nitrogens is 2. The number of anilines is 2. The minimum atomic E-state index is -0.434. The number of nitrogens with one attached hydrogen (secondary N) is 2. The van der Waals surface area contributed by atoms with Crippen molar-refractivity contribution >= 4 is 23.4 Å². The van der Waals surface area contributed by atoms with Gasteiger partial charge in [0.15, 0.2) is 0 Å². The van der Waals surface area contributed by atoms with Crippen LogP contribution in [-0.2, 0) is 11.2 Å². The Morgan fingerprint density at radius 3 is 2.44 bits per heavy atom. The lowest BCUT2D eigenvalue weighted by atomic mass is 10.0. The van der Waals surface area contributed by atoms with Gasteiger partial charge >= 0.3 is 5.97 Å². The van der Waals surface area contributed by atoms with Crippen LogP contribution in [0.15, 0.2) is 18.3 Å². The maximum atomic E-state index is 12.8. The molecule has 2 aromatic heterocycles. The second-order valence-corrected chi connectivity index (χ2v) is 6.25. The van der Waals surface area contributed by atoms with Crippen LogP contribution >= 0.6 is 0 Å². The molecular weight excluding hydrogens is 344 g/mol. The average Bonchev–Trinajstić information content (AvgIpc) is 3.00. The Morgan fingerprint density at radius 2 is 1.93 bits per heavy atom. The van der Waals surface area contributed by atoms with Crippen molar-refractivity contribution in [2.45, 2.75) is 40.5 Å². The molecule has 0 fully saturated rings. The summed E-state index contributed by atoms with van der Waals surface area (Å²) in [6.07, 6.45) is 3.06. The lowest BCUT2D eigenvalue weighted by molar-refractivity contribution is 0.0599. The van der Waals surface area contributed by atoms with Crippen molar-refractivity contribution in [2.75, 3.05) is 30.4 Å². The lowest BCUT2D eigenvalue weighted by Gasteiger charge is -2.19. The third-order valence-corrected chi connectivity index (χ3v) is 4.50. The van der Waals surface area contributed by atoms with Crippen LogP contribution in [0, 0.1) is 6.92 Å². The van der Waals surface area contributed by atoms with Gasteiger partial charge in [0.2, 0.25) is 0 Å². The molecule has 2 aromatic rings. The van der Waals surface area contributed by atoms with Crippen molar-refractivity contribution in [3.63, 3.8) is 0 Å². The molecule has 0 saturated heterocycles. The van der Waals surface area contributed by atoms with Crippen LogP contribution in [0.4, 0.5) is 11.5 Å². The van der Waals surface area contributed by atoms with Crippen LogP contribution in [0.2, 0.25) is 0 Å². The highest BCUT2D eigenvalue weighted by atomic mass is 16.5. The fourth-order valence-electron chi connectivity index (χ4n) is 3.14. The first kappa shape index (κ1) is 20.5. The summed E-state index contributed by atoms with van der Waals surface area (Å²) < 4.78 is 4.87. The Kier molecular flexibility index (Phi) is 6.98. The number of H-pyrrole nitrogens is 1. The molecule has 27 heavy (non-hydrogen) atoms. The third kappa shape index (κ3) is 4.48. The van der Waals surface area contributed by atoms with Crippen molar-refractivity contribution in [1.82, 2.24) is 9.97 Å². The summed E-state index contributed by atoms with van der Waals surface area (Å²) >= 11 is 0. The summed E-state index contributed by atoms with van der Waals surface area (Å²) in [7, 11) is 1.34. The molecule has 146 valence electrons. The van der Waals surface area contributed by atoms with Crippen LogP contribution < -0.4 is 10.2 Å². The van der Waals surface area contributed by atoms with Crippen molar-refractivity contribution in [3.05, 3.63) is 40.8 Å². The van der Waals surface area contributed by atoms with E-state index in [2.05, 4.69) is 34.0 Å². The van der Waals surface area contributed by atoms with E-state index in [1.54, 1.807) is 13.1 Å². The van der Waals surface area contributed by atoms with Gasteiger partial charge in [0.05, 0.1) is 24.6 Å². The molecule has 0 aliphatic carbocycles. The molecule has 0 radical (unpaired) electrons. The Bertz CT molecular complexity index is 792. The van der Waals surface area contributed by atoms with Crippen molar-refractivity contribution in [3.8, 4) is 0 Å². The number of hydrogen-bond donors (Lipinski definition) is 2. The van der Waals surface area contributed by atoms with Gasteiger partial charge in [-0.1, -0.05) is 13.3 Å². The Labute approximate surface area is 160 Å². The minimum Gasteiger partial charge on any atom is -0.465 e. The van der Waals surface area contributed by atoms with Crippen molar-refractivity contribution in [1.29, 1.82) is 0 Å². The van der Waals surface area contributed by atoms with Crippen LogP contribution in [0.5, 0.6) is 0 Å². The molecule has 1 amide bonds. The van der Waals surface area contributed by atoms with Crippen molar-refractivity contribution in [2.24, 2.45) is 0 Å². The lowest BCUT2D eigenvalue weighted by Crippen LogP contribution is -2.23. The van der Waals surface area contributed by atoms with Crippen LogP contribution in [0.1, 0.15) is 59.3 Å². The van der Waals surface area contributed by atoms with Gasteiger partial charge in [-0.15, -0.1) is 0 Å². The minimum absolute atomic E-state index is 0.297. The summed E-state index contributed by atoms with van der Waals surface area (Å²) in [6.45, 7) is 9.65. The fourth-order valence-corrected chi connectivity index (χ4v) is 3.14. The van der Waals surface area contributed by atoms with E-state index in [1.807, 2.05) is 19.1 Å². The number of pyridine rings is 1. The van der Waals surface area contributed by atoms with Crippen LogP contribution in [0.3, 0.4) is 0 Å². The zero-order valence-corrected chi connectivity index (χ0v) is 16.7. The number of aryl methyl sites for hydroxylation is 1. The van der Waals surface area contributed by atoms with E-state index in [0.717, 1.165) is 25.3 Å². The Morgan fingerprint density at radius 1 is 1.22 bits per heavy atom. The summed E-state index contributed by atoms with van der Waals surface area (Å²) in [5.41, 5.74) is 2.75. The highest BCUT2D eigenvalue weighted by Crippen LogP contribution is 2.23. The topological polar surface area (TPSA) is 87.3 Å². The van der Waals surface area contributed by atoms with Gasteiger partial charge in [-0.3, -0.25) is 4.79 Å². The van der Waals surface area contributed by atoms with Gasteiger partial charge in [0.25, 0.3) is 5.91 Å². The predicted octanol–water partition coefficient (Wildman–Crippen LogP) is 3.56. The molecule has 2 rings (SSSR count). The maximum absolute atomic E-state index is 12.8. The van der Waals surface area contributed by atoms with Gasteiger partial charge in [0, 0.05) is 18.8 Å². The molecular formula is C20H28N4O3. The molecule has 2 N–H and O–H groups in total. The second-order valence-electron chi connectivity index (χ2n) is 6.25. The summed E-state index contributed by atoms with van der Waals surface area (Å²) in [4.78, 5) is 34.5. The van der Waals surface area contributed by atoms with E-state index in [0.29, 0.717) is 34.6 Å². The Balaban J connectivity index is 2.26. The summed E-state index contributed by atoms with van der Waals surface area (Å²) in [6, 6.07) is 3.71. The predicted molar refractivity (Wildman–Crippen MR) is 107 cm³/mol. The first-order chi connectivity index (χ1) is 13.0. The number of carbonyl (C=O) groups is 2. The number of esters is 1.